The number of nitrogens with two attached hydrogens (primary N) is 1. The minimum atomic E-state index is -0.454. The van der Waals surface area contributed by atoms with E-state index in [1.165, 1.54) is 0 Å². The highest BCUT2D eigenvalue weighted by atomic mass is 31.0. The molecule has 0 aliphatic carbocycles. The molecule has 96 valence electrons. The van der Waals surface area contributed by atoms with Gasteiger partial charge in [0.15, 0.2) is 0 Å². The van der Waals surface area contributed by atoms with Gasteiger partial charge >= 0.3 is 0 Å². The average molecular weight is 254 g/mol. The highest BCUT2D eigenvalue weighted by molar-refractivity contribution is 7.15. The van der Waals surface area contributed by atoms with Crippen molar-refractivity contribution in [2.45, 2.75) is 33.1 Å². The zero-order valence-electron chi connectivity index (χ0n) is 11.3. The van der Waals surface area contributed by atoms with E-state index in [0.717, 1.165) is 11.3 Å². The van der Waals surface area contributed by atoms with E-state index in [2.05, 4.69) is 14.6 Å². The van der Waals surface area contributed by atoms with E-state index >= 15 is 0 Å². The summed E-state index contributed by atoms with van der Waals surface area (Å²) in [4.78, 5) is 11.5. The van der Waals surface area contributed by atoms with Gasteiger partial charge in [-0.1, -0.05) is 20.5 Å². The maximum absolute atomic E-state index is 11.5. The van der Waals surface area contributed by atoms with Gasteiger partial charge in [-0.05, 0) is 37.6 Å². The molecule has 1 aromatic rings. The molecule has 0 saturated heterocycles. The predicted octanol–water partition coefficient (Wildman–Crippen LogP) is 3.02. The molecular formula is C13H23N2OP. The van der Waals surface area contributed by atoms with E-state index in [1.54, 1.807) is 6.07 Å². The molecule has 3 nitrogen and oxygen atoms in total. The molecule has 0 aromatic heterocycles. The average Bonchev–Trinajstić information content (AvgIpc) is 2.57. The second-order valence-corrected chi connectivity index (χ2v) is 3.88. The molecule has 17 heavy (non-hydrogen) atoms. The fraction of sp³-hybridized carbons (Fsp3) is 0.462. The molecule has 1 atom stereocenters. The number of carbonyl (C=O) groups is 1. The Morgan fingerprint density at radius 2 is 1.76 bits per heavy atom. The van der Waals surface area contributed by atoms with E-state index in [-0.39, 0.29) is 5.91 Å². The number of hydrogen-bond acceptors (Lipinski definition) is 2. The minimum Gasteiger partial charge on any atom is -0.399 e. The number of nitrogen functional groups attached to an aromatic ring is 1. The summed E-state index contributed by atoms with van der Waals surface area (Å²) >= 11 is 0. The third-order valence-corrected chi connectivity index (χ3v) is 2.53. The van der Waals surface area contributed by atoms with Crippen LogP contribution < -0.4 is 11.1 Å². The number of benzene rings is 1. The summed E-state index contributed by atoms with van der Waals surface area (Å²) in [5, 5.41) is 2.82. The Morgan fingerprint density at radius 3 is 2.29 bits per heavy atom. The lowest BCUT2D eigenvalue weighted by molar-refractivity contribution is -0.119. The molecule has 0 fully saturated rings. The van der Waals surface area contributed by atoms with Crippen molar-refractivity contribution in [3.8, 4) is 0 Å². The number of hydrogen-bond donors (Lipinski definition) is 2. The molecule has 1 amide bonds. The van der Waals surface area contributed by atoms with E-state index in [0.29, 0.717) is 5.69 Å². The first kappa shape index (κ1) is 15.9. The molecular weight excluding hydrogens is 231 g/mol. The second kappa shape index (κ2) is 6.61. The van der Waals surface area contributed by atoms with Gasteiger partial charge in [0.2, 0.25) is 5.91 Å². The zero-order chi connectivity index (χ0) is 13.6. The lowest BCUT2D eigenvalue weighted by Gasteiger charge is -2.14. The summed E-state index contributed by atoms with van der Waals surface area (Å²) in [5.41, 5.74) is 7.76. The van der Waals surface area contributed by atoms with Gasteiger partial charge in [-0.15, -0.1) is 9.24 Å². The fourth-order valence-electron chi connectivity index (χ4n) is 1.59. The van der Waals surface area contributed by atoms with Crippen molar-refractivity contribution in [1.82, 2.24) is 0 Å². The lowest BCUT2D eigenvalue weighted by Crippen LogP contribution is -2.26. The van der Waals surface area contributed by atoms with Crippen LogP contribution in [-0.2, 0) is 10.2 Å². The second-order valence-electron chi connectivity index (χ2n) is 3.88. The molecule has 1 aliphatic heterocycles. The van der Waals surface area contributed by atoms with Crippen LogP contribution in [0.4, 0.5) is 11.4 Å². The maximum Gasteiger partial charge on any atom is 0.234 e. The van der Waals surface area contributed by atoms with Gasteiger partial charge in [-0.2, -0.15) is 0 Å². The van der Waals surface area contributed by atoms with Crippen molar-refractivity contribution < 1.29 is 4.79 Å². The Bertz CT molecular complexity index is 389. The van der Waals surface area contributed by atoms with E-state index < -0.39 is 5.41 Å². The molecule has 3 N–H and O–H groups in total. The molecule has 1 aliphatic rings. The van der Waals surface area contributed by atoms with Crippen LogP contribution >= 0.6 is 9.24 Å². The minimum absolute atomic E-state index is 0.0353. The quantitative estimate of drug-likeness (QED) is 0.552. The van der Waals surface area contributed by atoms with Crippen molar-refractivity contribution in [2.24, 2.45) is 0 Å². The van der Waals surface area contributed by atoms with Crippen LogP contribution in [0.1, 0.15) is 33.3 Å². The molecule has 0 spiro atoms. The summed E-state index contributed by atoms with van der Waals surface area (Å²) in [6, 6.07) is 5.49. The highest BCUT2D eigenvalue weighted by Crippen LogP contribution is 2.37. The van der Waals surface area contributed by atoms with Gasteiger partial charge in [0, 0.05) is 11.4 Å². The highest BCUT2D eigenvalue weighted by Gasteiger charge is 2.38. The van der Waals surface area contributed by atoms with Gasteiger partial charge in [-0.25, -0.2) is 0 Å². The third-order valence-electron chi connectivity index (χ3n) is 2.53. The largest absolute Gasteiger partial charge is 0.399 e. The van der Waals surface area contributed by atoms with Gasteiger partial charge < -0.3 is 11.1 Å². The van der Waals surface area contributed by atoms with Gasteiger partial charge in [0.1, 0.15) is 0 Å². The standard InChI is InChI=1S/C10H12N2O.C2H6.CH5P/c1-10(2)7-5-6(11)3-4-8(7)12-9(10)13;2*1-2/h3-5H,11H2,1-2H3,(H,12,13);1-2H3;2H2,1H3. The van der Waals surface area contributed by atoms with Crippen molar-refractivity contribution in [3.63, 3.8) is 0 Å². The van der Waals surface area contributed by atoms with Crippen LogP contribution in [0.3, 0.4) is 0 Å². The molecule has 1 heterocycles. The first-order valence-electron chi connectivity index (χ1n) is 5.81. The third kappa shape index (κ3) is 3.19. The van der Waals surface area contributed by atoms with Crippen LogP contribution in [0.15, 0.2) is 18.2 Å². The number of carbonyl (C=O) groups excluding carboxylic acids is 1. The monoisotopic (exact) mass is 254 g/mol. The predicted molar refractivity (Wildman–Crippen MR) is 79.5 cm³/mol. The maximum atomic E-state index is 11.5. The van der Waals surface area contributed by atoms with Crippen molar-refractivity contribution >= 4 is 26.5 Å². The molecule has 0 radical (unpaired) electrons. The Hall–Kier alpha value is -1.08. The van der Waals surface area contributed by atoms with Crippen LogP contribution in [0.5, 0.6) is 0 Å². The number of rotatable bonds is 0. The number of anilines is 2. The molecule has 1 unspecified atom stereocenters. The molecule has 0 saturated carbocycles. The lowest BCUT2D eigenvalue weighted by atomic mass is 9.86. The number of fused-ring (bicyclic) bond motifs is 1. The molecule has 2 rings (SSSR count). The molecule has 0 bridgehead atoms. The first-order valence-corrected chi connectivity index (χ1v) is 6.96. The SMILES string of the molecule is CC.CC1(C)C(=O)Nc2ccc(N)cc21.CP. The first-order chi connectivity index (χ1) is 8.01. The van der Waals surface area contributed by atoms with E-state index in [9.17, 15) is 4.79 Å². The smallest absolute Gasteiger partial charge is 0.234 e. The van der Waals surface area contributed by atoms with Crippen molar-refractivity contribution in [1.29, 1.82) is 0 Å². The topological polar surface area (TPSA) is 55.1 Å². The van der Waals surface area contributed by atoms with Crippen LogP contribution in [-0.4, -0.2) is 12.6 Å². The zero-order valence-corrected chi connectivity index (χ0v) is 12.4. The van der Waals surface area contributed by atoms with E-state index in [1.807, 2.05) is 46.5 Å². The summed E-state index contributed by atoms with van der Waals surface area (Å²) in [6.07, 6.45) is 0. The van der Waals surface area contributed by atoms with Crippen molar-refractivity contribution in [3.05, 3.63) is 23.8 Å². The Kier molecular flexibility index (Phi) is 6.19. The van der Waals surface area contributed by atoms with Crippen LogP contribution in [0.25, 0.3) is 0 Å². The van der Waals surface area contributed by atoms with Crippen molar-refractivity contribution in [2.75, 3.05) is 17.7 Å². The normalized spacial score (nSPS) is 14.6. The van der Waals surface area contributed by atoms with Gasteiger partial charge in [-0.3, -0.25) is 4.79 Å². The molecule has 1 aromatic carbocycles. The van der Waals surface area contributed by atoms with Crippen LogP contribution in [0.2, 0.25) is 0 Å². The summed E-state index contributed by atoms with van der Waals surface area (Å²) in [5.74, 6) is 0.0353. The summed E-state index contributed by atoms with van der Waals surface area (Å²) in [7, 11) is 2.42. The van der Waals surface area contributed by atoms with Crippen LogP contribution in [0, 0.1) is 0 Å². The van der Waals surface area contributed by atoms with E-state index in [4.69, 9.17) is 5.73 Å². The summed E-state index contributed by atoms with van der Waals surface area (Å²) in [6.45, 7) is 9.71. The van der Waals surface area contributed by atoms with Gasteiger partial charge in [0.05, 0.1) is 5.41 Å². The number of amides is 1. The Balaban J connectivity index is 0.000000581. The van der Waals surface area contributed by atoms with Gasteiger partial charge in [0.25, 0.3) is 0 Å². The Morgan fingerprint density at radius 1 is 1.24 bits per heavy atom. The number of nitrogens with one attached hydrogen (secondary N) is 1. The summed E-state index contributed by atoms with van der Waals surface area (Å²) < 4.78 is 0. The fourth-order valence-corrected chi connectivity index (χ4v) is 1.59. The Labute approximate surface area is 106 Å². The molecule has 4 heteroatoms.